The Balaban J connectivity index is 0.000001000. The minimum atomic E-state index is -3.78. The first-order valence-corrected chi connectivity index (χ1v) is 7.20. The molecule has 0 atom stereocenters. The van der Waals surface area contributed by atoms with Gasteiger partial charge in [0.1, 0.15) is 0 Å². The maximum absolute atomic E-state index is 11.1. The summed E-state index contributed by atoms with van der Waals surface area (Å²) in [5.41, 5.74) is 1.59. The van der Waals surface area contributed by atoms with Crippen LogP contribution in [0.5, 0.6) is 0 Å². The molecule has 0 spiro atoms. The highest BCUT2D eigenvalue weighted by Crippen LogP contribution is 2.22. The summed E-state index contributed by atoms with van der Waals surface area (Å²) in [6.45, 7) is 0. The molecule has 0 fully saturated rings. The van der Waals surface area contributed by atoms with Gasteiger partial charge >= 0.3 is 0 Å². The van der Waals surface area contributed by atoms with E-state index in [2.05, 4.69) is 15.1 Å². The Morgan fingerprint density at radius 2 is 2.00 bits per heavy atom. The predicted molar refractivity (Wildman–Crippen MR) is 77.9 cm³/mol. The molecule has 3 aromatic rings. The van der Waals surface area contributed by atoms with Crippen molar-refractivity contribution < 1.29 is 9.84 Å². The number of imidazole rings is 1. The van der Waals surface area contributed by atoms with Crippen molar-refractivity contribution in [2.75, 3.05) is 0 Å². The van der Waals surface area contributed by atoms with Gasteiger partial charge in [-0.1, -0.05) is 11.3 Å². The number of aromatic nitrogens is 4. The molecule has 0 aliphatic carbocycles. The minimum Gasteiger partial charge on any atom is -0.265 e. The zero-order chi connectivity index (χ0) is 12.8. The molecule has 0 saturated heterocycles. The molecule has 7 nitrogen and oxygen atoms in total. The third kappa shape index (κ3) is 2.66. The van der Waals surface area contributed by atoms with Crippen molar-refractivity contribution >= 4 is 43.3 Å². The van der Waals surface area contributed by atoms with Crippen molar-refractivity contribution in [3.05, 3.63) is 30.7 Å². The smallest absolute Gasteiger partial charge is 0.265 e. The van der Waals surface area contributed by atoms with Gasteiger partial charge in [0, 0.05) is 19.4 Å². The van der Waals surface area contributed by atoms with Crippen molar-refractivity contribution in [3.63, 3.8) is 0 Å². The van der Waals surface area contributed by atoms with Crippen LogP contribution in [-0.2, 0) is 10.0 Å². The first-order valence-electron chi connectivity index (χ1n) is 4.83. The number of nitrogens with zero attached hydrogens (tertiary/aromatic N) is 4. The van der Waals surface area contributed by atoms with E-state index in [0.29, 0.717) is 10.7 Å². The van der Waals surface area contributed by atoms with Crippen LogP contribution >= 0.6 is 28.3 Å². The van der Waals surface area contributed by atoms with Gasteiger partial charge in [-0.15, -0.1) is 22.1 Å². The molecular formula is C9H10BrN5O2S2. The summed E-state index contributed by atoms with van der Waals surface area (Å²) >= 11 is 0.932. The molecule has 19 heavy (non-hydrogen) atoms. The van der Waals surface area contributed by atoms with Crippen molar-refractivity contribution in [1.82, 2.24) is 19.6 Å². The van der Waals surface area contributed by atoms with Gasteiger partial charge in [0.2, 0.25) is 9.30 Å². The van der Waals surface area contributed by atoms with Gasteiger partial charge in [-0.05, 0) is 12.1 Å². The highest BCUT2D eigenvalue weighted by atomic mass is 79.9. The standard InChI is InChI=1S/C9H7N5O2S2.BrH.H2/c10-18(15,16)9-13-14-5-7(12-8(14)17-9)6-1-3-11-4-2-6;;/h1-5H,(H2,10,15,16);2*1H. The number of rotatable bonds is 2. The Labute approximate surface area is 124 Å². The van der Waals surface area contributed by atoms with E-state index in [0.717, 1.165) is 16.9 Å². The van der Waals surface area contributed by atoms with Crippen molar-refractivity contribution in [2.24, 2.45) is 5.14 Å². The molecular weight excluding hydrogens is 354 g/mol. The lowest BCUT2D eigenvalue weighted by atomic mass is 10.2. The number of pyridine rings is 1. The Kier molecular flexibility index (Phi) is 3.67. The lowest BCUT2D eigenvalue weighted by Crippen LogP contribution is -2.12. The van der Waals surface area contributed by atoms with E-state index in [1.807, 2.05) is 12.1 Å². The van der Waals surface area contributed by atoms with E-state index in [-0.39, 0.29) is 22.7 Å². The summed E-state index contributed by atoms with van der Waals surface area (Å²) in [4.78, 5) is 8.68. The highest BCUT2D eigenvalue weighted by Gasteiger charge is 2.16. The van der Waals surface area contributed by atoms with Gasteiger partial charge in [-0.2, -0.15) is 0 Å². The first-order chi connectivity index (χ1) is 8.54. The largest absolute Gasteiger partial charge is 0.267 e. The molecule has 0 bridgehead atoms. The van der Waals surface area contributed by atoms with Gasteiger partial charge in [0.25, 0.3) is 10.0 Å². The molecule has 0 aliphatic rings. The van der Waals surface area contributed by atoms with Crippen LogP contribution in [0.25, 0.3) is 16.2 Å². The van der Waals surface area contributed by atoms with Crippen molar-refractivity contribution in [2.45, 2.75) is 4.34 Å². The number of nitrogens with two attached hydrogens (primary N) is 1. The summed E-state index contributed by atoms with van der Waals surface area (Å²) in [5.74, 6) is 0. The van der Waals surface area contributed by atoms with E-state index >= 15 is 0 Å². The molecule has 2 N–H and O–H groups in total. The second-order valence-corrected chi connectivity index (χ2v) is 6.19. The number of primary sulfonamides is 1. The highest BCUT2D eigenvalue weighted by molar-refractivity contribution is 8.93. The summed E-state index contributed by atoms with van der Waals surface area (Å²) in [5, 5.41) is 8.87. The van der Waals surface area contributed by atoms with Gasteiger partial charge in [-0.3, -0.25) is 4.98 Å². The van der Waals surface area contributed by atoms with Gasteiger partial charge in [0.15, 0.2) is 0 Å². The maximum Gasteiger partial charge on any atom is 0.267 e. The van der Waals surface area contributed by atoms with Crippen LogP contribution < -0.4 is 5.14 Å². The average molecular weight is 364 g/mol. The molecule has 102 valence electrons. The lowest BCUT2D eigenvalue weighted by Gasteiger charge is -1.92. The van der Waals surface area contributed by atoms with Crippen LogP contribution in [0.4, 0.5) is 0 Å². The fourth-order valence-corrected chi connectivity index (χ4v) is 2.96. The summed E-state index contributed by atoms with van der Waals surface area (Å²) in [7, 11) is -3.78. The zero-order valence-corrected chi connectivity index (χ0v) is 12.6. The maximum atomic E-state index is 11.1. The fourth-order valence-electron chi connectivity index (χ4n) is 1.46. The first kappa shape index (κ1) is 14.1. The molecule has 3 rings (SSSR count). The van der Waals surface area contributed by atoms with Crippen LogP contribution in [-0.4, -0.2) is 28.0 Å². The van der Waals surface area contributed by atoms with Crippen LogP contribution in [0, 0.1) is 0 Å². The Bertz CT molecular complexity index is 786. The quantitative estimate of drug-likeness (QED) is 0.739. The Morgan fingerprint density at radius 1 is 1.32 bits per heavy atom. The third-order valence-corrected chi connectivity index (χ3v) is 4.48. The molecule has 0 unspecified atom stereocenters. The number of halogens is 1. The van der Waals surface area contributed by atoms with E-state index in [1.165, 1.54) is 4.52 Å². The monoisotopic (exact) mass is 363 g/mol. The molecule has 3 aromatic heterocycles. The van der Waals surface area contributed by atoms with Crippen LogP contribution in [0.2, 0.25) is 0 Å². The average Bonchev–Trinajstić information content (AvgIpc) is 2.86. The number of sulfonamides is 1. The third-order valence-electron chi connectivity index (χ3n) is 2.24. The van der Waals surface area contributed by atoms with E-state index in [9.17, 15) is 8.42 Å². The van der Waals surface area contributed by atoms with E-state index < -0.39 is 10.0 Å². The van der Waals surface area contributed by atoms with Gasteiger partial charge in [0.05, 0.1) is 11.9 Å². The minimum absolute atomic E-state index is 0. The van der Waals surface area contributed by atoms with Gasteiger partial charge in [-0.25, -0.2) is 23.1 Å². The second kappa shape index (κ2) is 4.96. The van der Waals surface area contributed by atoms with Crippen molar-refractivity contribution in [1.29, 1.82) is 0 Å². The number of hydrogen-bond acceptors (Lipinski definition) is 6. The molecule has 0 aromatic carbocycles. The van der Waals surface area contributed by atoms with E-state index in [1.54, 1.807) is 18.6 Å². The molecule has 0 saturated carbocycles. The van der Waals surface area contributed by atoms with Crippen LogP contribution in [0.15, 0.2) is 35.1 Å². The Morgan fingerprint density at radius 3 is 2.58 bits per heavy atom. The molecule has 3 heterocycles. The Hall–Kier alpha value is -1.36. The fraction of sp³-hybridized carbons (Fsp3) is 0. The zero-order valence-electron chi connectivity index (χ0n) is 9.29. The van der Waals surface area contributed by atoms with Crippen LogP contribution in [0.3, 0.4) is 0 Å². The molecule has 0 radical (unpaired) electrons. The molecule has 10 heteroatoms. The summed E-state index contributed by atoms with van der Waals surface area (Å²) < 4.78 is 23.5. The summed E-state index contributed by atoms with van der Waals surface area (Å²) in [6.07, 6.45) is 4.97. The number of hydrogen-bond donors (Lipinski definition) is 1. The van der Waals surface area contributed by atoms with Gasteiger partial charge < -0.3 is 0 Å². The molecule has 0 amide bonds. The predicted octanol–water partition coefficient (Wildman–Crippen LogP) is 1.32. The molecule has 0 aliphatic heterocycles. The SMILES string of the molecule is Br.NS(=O)(=O)c1nn2cc(-c3ccncc3)nc2s1.[HH]. The van der Waals surface area contributed by atoms with Crippen LogP contribution in [0.1, 0.15) is 1.43 Å². The van der Waals surface area contributed by atoms with Crippen molar-refractivity contribution in [3.8, 4) is 11.3 Å². The normalized spacial score (nSPS) is 11.4. The number of fused-ring (bicyclic) bond motifs is 1. The lowest BCUT2D eigenvalue weighted by molar-refractivity contribution is 0.595. The summed E-state index contributed by atoms with van der Waals surface area (Å²) in [6, 6.07) is 3.63. The van der Waals surface area contributed by atoms with E-state index in [4.69, 9.17) is 5.14 Å². The topological polar surface area (TPSA) is 103 Å². The second-order valence-electron chi connectivity index (χ2n) is 3.50.